The molecule has 0 aromatic heterocycles. The Morgan fingerprint density at radius 2 is 2.00 bits per heavy atom. The number of carboxylic acid groups (broad SMARTS) is 2. The van der Waals surface area contributed by atoms with Gasteiger partial charge in [-0.2, -0.15) is 0 Å². The van der Waals surface area contributed by atoms with E-state index >= 15 is 0 Å². The zero-order chi connectivity index (χ0) is 9.84. The van der Waals surface area contributed by atoms with E-state index < -0.39 is 18.1 Å². The van der Waals surface area contributed by atoms with Gasteiger partial charge in [-0.25, -0.2) is 9.59 Å². The average molecular weight is 185 g/mol. The number of nitrogens with zero attached hydrogens (tertiary/aromatic N) is 1. The van der Waals surface area contributed by atoms with E-state index in [2.05, 4.69) is 0 Å². The highest BCUT2D eigenvalue weighted by Crippen LogP contribution is 2.11. The Kier molecular flexibility index (Phi) is 2.89. The van der Waals surface area contributed by atoms with E-state index in [1.165, 1.54) is 0 Å². The third-order valence-corrected chi connectivity index (χ3v) is 1.97. The number of aliphatic carboxylic acids is 1. The normalized spacial score (nSPS) is 22.5. The lowest BCUT2D eigenvalue weighted by Gasteiger charge is -2.23. The number of hydrogen-bond acceptors (Lipinski definition) is 2. The molecule has 0 spiro atoms. The Hall–Kier alpha value is -1.52. The van der Waals surface area contributed by atoms with Gasteiger partial charge in [0.05, 0.1) is 0 Å². The Morgan fingerprint density at radius 1 is 1.31 bits per heavy atom. The highest BCUT2D eigenvalue weighted by molar-refractivity contribution is 5.79. The summed E-state index contributed by atoms with van der Waals surface area (Å²) in [7, 11) is 0. The first kappa shape index (κ1) is 9.57. The van der Waals surface area contributed by atoms with Crippen molar-refractivity contribution in [2.45, 2.75) is 18.9 Å². The molecule has 1 heterocycles. The Morgan fingerprint density at radius 3 is 2.54 bits per heavy atom. The molecule has 13 heavy (non-hydrogen) atoms. The number of carbonyl (C=O) groups is 2. The average Bonchev–Trinajstić information content (AvgIpc) is 2.27. The highest BCUT2D eigenvalue weighted by atomic mass is 16.4. The minimum absolute atomic E-state index is 0.252. The van der Waals surface area contributed by atoms with Crippen LogP contribution in [-0.2, 0) is 4.79 Å². The summed E-state index contributed by atoms with van der Waals surface area (Å²) in [6.45, 7) is 0.253. The molecule has 0 aromatic rings. The lowest BCUT2D eigenvalue weighted by molar-refractivity contribution is -0.142. The van der Waals surface area contributed by atoms with Crippen molar-refractivity contribution in [1.82, 2.24) is 4.90 Å². The molecular weight excluding hydrogens is 174 g/mol. The summed E-state index contributed by atoms with van der Waals surface area (Å²) in [4.78, 5) is 22.3. The highest BCUT2D eigenvalue weighted by Gasteiger charge is 2.28. The monoisotopic (exact) mass is 185 g/mol. The van der Waals surface area contributed by atoms with E-state index in [1.54, 1.807) is 12.2 Å². The third-order valence-electron chi connectivity index (χ3n) is 1.97. The zero-order valence-electron chi connectivity index (χ0n) is 7.01. The number of carboxylic acids is 1. The summed E-state index contributed by atoms with van der Waals surface area (Å²) < 4.78 is 0. The van der Waals surface area contributed by atoms with Crippen LogP contribution in [0.1, 0.15) is 12.8 Å². The van der Waals surface area contributed by atoms with Crippen LogP contribution in [0.4, 0.5) is 4.79 Å². The van der Waals surface area contributed by atoms with Crippen LogP contribution in [-0.4, -0.2) is 39.8 Å². The second kappa shape index (κ2) is 3.93. The zero-order valence-corrected chi connectivity index (χ0v) is 7.01. The molecule has 0 saturated carbocycles. The van der Waals surface area contributed by atoms with Gasteiger partial charge in [-0.05, 0) is 12.8 Å². The van der Waals surface area contributed by atoms with Gasteiger partial charge in [0, 0.05) is 6.54 Å². The molecule has 1 aliphatic rings. The standard InChI is InChI=1S/C8H11NO4/c10-7(11)6-4-2-1-3-5-9(6)8(12)13/h1-2,6H,3-5H2,(H,10,11)(H,12,13). The minimum Gasteiger partial charge on any atom is -0.480 e. The second-order valence-electron chi connectivity index (χ2n) is 2.83. The summed E-state index contributed by atoms with van der Waals surface area (Å²) in [5, 5.41) is 17.5. The fourth-order valence-electron chi connectivity index (χ4n) is 1.30. The molecule has 1 amide bonds. The first-order valence-electron chi connectivity index (χ1n) is 4.00. The molecule has 0 saturated heterocycles. The summed E-state index contributed by atoms with van der Waals surface area (Å²) >= 11 is 0. The lowest BCUT2D eigenvalue weighted by Crippen LogP contribution is -2.43. The van der Waals surface area contributed by atoms with E-state index in [4.69, 9.17) is 10.2 Å². The van der Waals surface area contributed by atoms with E-state index in [1.807, 2.05) is 0 Å². The quantitative estimate of drug-likeness (QED) is 0.591. The molecule has 5 nitrogen and oxygen atoms in total. The van der Waals surface area contributed by atoms with Gasteiger partial charge in [0.15, 0.2) is 0 Å². The van der Waals surface area contributed by atoms with Crippen molar-refractivity contribution < 1.29 is 19.8 Å². The molecular formula is C8H11NO4. The van der Waals surface area contributed by atoms with Crippen molar-refractivity contribution >= 4 is 12.1 Å². The van der Waals surface area contributed by atoms with Crippen LogP contribution < -0.4 is 0 Å². The van der Waals surface area contributed by atoms with Gasteiger partial charge in [-0.1, -0.05) is 12.2 Å². The van der Waals surface area contributed by atoms with E-state index in [-0.39, 0.29) is 13.0 Å². The molecule has 1 rings (SSSR count). The van der Waals surface area contributed by atoms with Crippen LogP contribution in [0.25, 0.3) is 0 Å². The topological polar surface area (TPSA) is 77.8 Å². The maximum Gasteiger partial charge on any atom is 0.408 e. The van der Waals surface area contributed by atoms with Gasteiger partial charge in [0.1, 0.15) is 6.04 Å². The van der Waals surface area contributed by atoms with Crippen LogP contribution in [0.5, 0.6) is 0 Å². The van der Waals surface area contributed by atoms with E-state index in [9.17, 15) is 9.59 Å². The van der Waals surface area contributed by atoms with Crippen molar-refractivity contribution in [3.05, 3.63) is 12.2 Å². The van der Waals surface area contributed by atoms with Crippen molar-refractivity contribution in [2.75, 3.05) is 6.54 Å². The molecule has 2 N–H and O–H groups in total. The summed E-state index contributed by atoms with van der Waals surface area (Å²) in [5.74, 6) is -1.09. The fourth-order valence-corrected chi connectivity index (χ4v) is 1.30. The molecule has 0 aromatic carbocycles. The summed E-state index contributed by atoms with van der Waals surface area (Å²) in [6, 6.07) is -0.934. The Bertz CT molecular complexity index is 249. The van der Waals surface area contributed by atoms with Crippen molar-refractivity contribution in [3.63, 3.8) is 0 Å². The smallest absolute Gasteiger partial charge is 0.408 e. The molecule has 0 fully saturated rings. The van der Waals surface area contributed by atoms with Crippen LogP contribution in [0.15, 0.2) is 12.2 Å². The molecule has 0 radical (unpaired) electrons. The summed E-state index contributed by atoms with van der Waals surface area (Å²) in [6.07, 6.45) is 3.18. The maximum absolute atomic E-state index is 10.7. The van der Waals surface area contributed by atoms with E-state index in [0.29, 0.717) is 6.42 Å². The van der Waals surface area contributed by atoms with Gasteiger partial charge >= 0.3 is 12.1 Å². The molecule has 0 aliphatic carbocycles. The Balaban J connectivity index is 2.78. The first-order chi connectivity index (χ1) is 6.13. The maximum atomic E-state index is 10.7. The van der Waals surface area contributed by atoms with Crippen molar-refractivity contribution in [2.24, 2.45) is 0 Å². The van der Waals surface area contributed by atoms with E-state index in [0.717, 1.165) is 4.90 Å². The predicted octanol–water partition coefficient (Wildman–Crippen LogP) is 0.770. The molecule has 1 atom stereocenters. The molecule has 0 bridgehead atoms. The van der Waals surface area contributed by atoms with Gasteiger partial charge in [0.2, 0.25) is 0 Å². The fraction of sp³-hybridized carbons (Fsp3) is 0.500. The van der Waals surface area contributed by atoms with Crippen LogP contribution >= 0.6 is 0 Å². The molecule has 1 aliphatic heterocycles. The van der Waals surface area contributed by atoms with Gasteiger partial charge in [-0.3, -0.25) is 4.90 Å². The van der Waals surface area contributed by atoms with Crippen LogP contribution in [0.2, 0.25) is 0 Å². The largest absolute Gasteiger partial charge is 0.480 e. The SMILES string of the molecule is O=C(O)C1CC=CCCN1C(=O)O. The second-order valence-corrected chi connectivity index (χ2v) is 2.83. The van der Waals surface area contributed by atoms with Gasteiger partial charge in [0.25, 0.3) is 0 Å². The summed E-state index contributed by atoms with van der Waals surface area (Å²) in [5.41, 5.74) is 0. The minimum atomic E-state index is -1.17. The van der Waals surface area contributed by atoms with Crippen LogP contribution in [0, 0.1) is 0 Å². The molecule has 72 valence electrons. The third kappa shape index (κ3) is 2.21. The molecule has 5 heteroatoms. The van der Waals surface area contributed by atoms with Crippen molar-refractivity contribution in [1.29, 1.82) is 0 Å². The number of hydrogen-bond donors (Lipinski definition) is 2. The number of rotatable bonds is 1. The van der Waals surface area contributed by atoms with Gasteiger partial charge < -0.3 is 10.2 Å². The van der Waals surface area contributed by atoms with Gasteiger partial charge in [-0.15, -0.1) is 0 Å². The van der Waals surface area contributed by atoms with Crippen molar-refractivity contribution in [3.8, 4) is 0 Å². The number of amides is 1. The van der Waals surface area contributed by atoms with Crippen LogP contribution in [0.3, 0.4) is 0 Å². The first-order valence-corrected chi connectivity index (χ1v) is 4.00. The Labute approximate surface area is 75.3 Å². The molecule has 1 unspecified atom stereocenters. The lowest BCUT2D eigenvalue weighted by atomic mass is 10.2. The predicted molar refractivity (Wildman–Crippen MR) is 44.5 cm³/mol.